The Morgan fingerprint density at radius 1 is 1.21 bits per heavy atom. The highest BCUT2D eigenvalue weighted by molar-refractivity contribution is 7.90. The van der Waals surface area contributed by atoms with Crippen molar-refractivity contribution in [3.05, 3.63) is 65.5 Å². The molecule has 3 aromatic rings. The Bertz CT molecular complexity index is 1310. The van der Waals surface area contributed by atoms with Crippen LogP contribution in [0, 0.1) is 17.0 Å². The lowest BCUT2D eigenvalue weighted by Crippen LogP contribution is -2.36. The van der Waals surface area contributed by atoms with Crippen LogP contribution in [0.2, 0.25) is 0 Å². The SMILES string of the molecule is CC(C)(C)CS(=O)(=O)NC(=O)c1cnn2ccc(N3CCC[C@@H]3c3cc(F)ccc3F)cc12. The van der Waals surface area contributed by atoms with Gasteiger partial charge in [-0.2, -0.15) is 5.10 Å². The van der Waals surface area contributed by atoms with E-state index in [1.54, 1.807) is 39.1 Å². The zero-order valence-electron chi connectivity index (χ0n) is 18.7. The van der Waals surface area contributed by atoms with Gasteiger partial charge in [0.05, 0.1) is 29.1 Å². The number of carbonyl (C=O) groups excluding carboxylic acids is 1. The molecule has 10 heteroatoms. The summed E-state index contributed by atoms with van der Waals surface area (Å²) in [6.45, 7) is 5.94. The molecule has 1 amide bonds. The first-order chi connectivity index (χ1) is 15.4. The molecule has 0 aliphatic carbocycles. The number of nitrogens with one attached hydrogen (secondary N) is 1. The van der Waals surface area contributed by atoms with E-state index in [1.807, 2.05) is 4.90 Å². The van der Waals surface area contributed by atoms with Crippen LogP contribution in [0.25, 0.3) is 5.52 Å². The molecule has 33 heavy (non-hydrogen) atoms. The maximum Gasteiger partial charge on any atom is 0.268 e. The summed E-state index contributed by atoms with van der Waals surface area (Å²) in [5.74, 6) is -1.94. The van der Waals surface area contributed by atoms with E-state index in [0.29, 0.717) is 24.2 Å². The molecule has 7 nitrogen and oxygen atoms in total. The zero-order valence-corrected chi connectivity index (χ0v) is 19.5. The van der Waals surface area contributed by atoms with E-state index < -0.39 is 33.0 Å². The van der Waals surface area contributed by atoms with Gasteiger partial charge in [0.1, 0.15) is 11.6 Å². The van der Waals surface area contributed by atoms with Crippen LogP contribution in [0.1, 0.15) is 55.6 Å². The third kappa shape index (κ3) is 5.00. The Balaban J connectivity index is 1.65. The van der Waals surface area contributed by atoms with Gasteiger partial charge in [-0.1, -0.05) is 20.8 Å². The number of aromatic nitrogens is 2. The number of halogens is 2. The first-order valence-electron chi connectivity index (χ1n) is 10.7. The minimum atomic E-state index is -3.84. The van der Waals surface area contributed by atoms with Crippen LogP contribution in [-0.4, -0.2) is 36.2 Å². The van der Waals surface area contributed by atoms with Crippen LogP contribution in [-0.2, 0) is 10.0 Å². The molecule has 0 bridgehead atoms. The second-order valence-electron chi connectivity index (χ2n) is 9.54. The maximum absolute atomic E-state index is 14.4. The second kappa shape index (κ2) is 8.40. The molecule has 1 aromatic carbocycles. The van der Waals surface area contributed by atoms with E-state index in [2.05, 4.69) is 9.82 Å². The second-order valence-corrected chi connectivity index (χ2v) is 11.3. The molecule has 1 aliphatic heterocycles. The van der Waals surface area contributed by atoms with E-state index >= 15 is 0 Å². The molecule has 0 radical (unpaired) electrons. The average molecular weight is 477 g/mol. The highest BCUT2D eigenvalue weighted by Crippen LogP contribution is 2.38. The molecule has 176 valence electrons. The molecule has 0 unspecified atom stereocenters. The van der Waals surface area contributed by atoms with Crippen LogP contribution in [0.3, 0.4) is 0 Å². The smallest absolute Gasteiger partial charge is 0.268 e. The van der Waals surface area contributed by atoms with Gasteiger partial charge in [-0.3, -0.25) is 4.79 Å². The van der Waals surface area contributed by atoms with Crippen molar-refractivity contribution in [1.29, 1.82) is 0 Å². The first-order valence-corrected chi connectivity index (χ1v) is 12.3. The molecular formula is C23H26F2N4O3S. The highest BCUT2D eigenvalue weighted by Gasteiger charge is 2.30. The van der Waals surface area contributed by atoms with Crippen molar-refractivity contribution < 1.29 is 22.0 Å². The molecule has 1 aliphatic rings. The number of nitrogens with zero attached hydrogens (tertiary/aromatic N) is 3. The van der Waals surface area contributed by atoms with E-state index in [-0.39, 0.29) is 22.9 Å². The van der Waals surface area contributed by atoms with Gasteiger partial charge in [-0.05, 0) is 48.6 Å². The molecule has 4 rings (SSSR count). The topological polar surface area (TPSA) is 83.8 Å². The third-order valence-electron chi connectivity index (χ3n) is 5.52. The van der Waals surface area contributed by atoms with Crippen molar-refractivity contribution in [2.24, 2.45) is 5.41 Å². The van der Waals surface area contributed by atoms with Crippen LogP contribution < -0.4 is 9.62 Å². The molecule has 3 heterocycles. The largest absolute Gasteiger partial charge is 0.364 e. The molecule has 0 saturated carbocycles. The van der Waals surface area contributed by atoms with Gasteiger partial charge in [-0.25, -0.2) is 26.4 Å². The van der Waals surface area contributed by atoms with Gasteiger partial charge in [0.2, 0.25) is 10.0 Å². The molecule has 2 aromatic heterocycles. The summed E-state index contributed by atoms with van der Waals surface area (Å²) in [6, 6.07) is 6.59. The van der Waals surface area contributed by atoms with Crippen molar-refractivity contribution in [1.82, 2.24) is 14.3 Å². The predicted molar refractivity (Wildman–Crippen MR) is 122 cm³/mol. The summed E-state index contributed by atoms with van der Waals surface area (Å²) < 4.78 is 56.6. The number of carbonyl (C=O) groups is 1. The fourth-order valence-electron chi connectivity index (χ4n) is 4.29. The number of pyridine rings is 1. The van der Waals surface area contributed by atoms with Crippen LogP contribution in [0.5, 0.6) is 0 Å². The highest BCUT2D eigenvalue weighted by atomic mass is 32.2. The van der Waals surface area contributed by atoms with Crippen molar-refractivity contribution in [2.45, 2.75) is 39.7 Å². The van der Waals surface area contributed by atoms with Gasteiger partial charge in [0.15, 0.2) is 0 Å². The Morgan fingerprint density at radius 2 is 1.97 bits per heavy atom. The summed E-state index contributed by atoms with van der Waals surface area (Å²) >= 11 is 0. The van der Waals surface area contributed by atoms with E-state index in [4.69, 9.17) is 0 Å². The Morgan fingerprint density at radius 3 is 2.70 bits per heavy atom. The van der Waals surface area contributed by atoms with Crippen LogP contribution >= 0.6 is 0 Å². The van der Waals surface area contributed by atoms with Gasteiger partial charge < -0.3 is 4.90 Å². The van der Waals surface area contributed by atoms with Crippen molar-refractivity contribution >= 4 is 27.1 Å². The molecule has 1 N–H and O–H groups in total. The van der Waals surface area contributed by atoms with Gasteiger partial charge in [-0.15, -0.1) is 0 Å². The lowest BCUT2D eigenvalue weighted by molar-refractivity contribution is 0.0983. The zero-order chi connectivity index (χ0) is 24.0. The van der Waals surface area contributed by atoms with E-state index in [0.717, 1.165) is 18.6 Å². The summed E-state index contributed by atoms with van der Waals surface area (Å²) in [4.78, 5) is 14.7. The fraction of sp³-hybridized carbons (Fsp3) is 0.391. The minimum Gasteiger partial charge on any atom is -0.364 e. The van der Waals surface area contributed by atoms with Crippen LogP contribution in [0.15, 0.2) is 42.7 Å². The summed E-state index contributed by atoms with van der Waals surface area (Å²) in [6.07, 6.45) is 4.42. The monoisotopic (exact) mass is 476 g/mol. The Labute approximate surface area is 191 Å². The standard InChI is InChI=1S/C23H26F2N4O3S/c1-23(2,3)14-33(31,32)27-22(30)18-13-26-29-10-8-16(12-21(18)29)28-9-4-5-20(28)17-11-15(24)6-7-19(17)25/h6-8,10-13,20H,4-5,9,14H2,1-3H3,(H,27,30)/t20-/m1/s1. The fourth-order valence-corrected chi connectivity index (χ4v) is 5.90. The number of hydrogen-bond donors (Lipinski definition) is 1. The molecule has 1 fully saturated rings. The van der Waals surface area contributed by atoms with Crippen molar-refractivity contribution in [3.8, 4) is 0 Å². The molecular weight excluding hydrogens is 450 g/mol. The lowest BCUT2D eigenvalue weighted by atomic mass is 10.0. The lowest BCUT2D eigenvalue weighted by Gasteiger charge is -2.27. The van der Waals surface area contributed by atoms with Gasteiger partial charge >= 0.3 is 0 Å². The number of hydrogen-bond acceptors (Lipinski definition) is 5. The molecule has 0 spiro atoms. The number of benzene rings is 1. The first kappa shape index (κ1) is 23.2. The van der Waals surface area contributed by atoms with E-state index in [9.17, 15) is 22.0 Å². The minimum absolute atomic E-state index is 0.113. The van der Waals surface area contributed by atoms with Crippen molar-refractivity contribution in [2.75, 3.05) is 17.2 Å². The predicted octanol–water partition coefficient (Wildman–Crippen LogP) is 4.06. The Kier molecular flexibility index (Phi) is 5.90. The number of rotatable bonds is 5. The summed E-state index contributed by atoms with van der Waals surface area (Å²) in [5, 5.41) is 4.15. The Hall–Kier alpha value is -3.01. The van der Waals surface area contributed by atoms with Crippen LogP contribution in [0.4, 0.5) is 14.5 Å². The normalized spacial score (nSPS) is 17.0. The maximum atomic E-state index is 14.4. The van der Waals surface area contributed by atoms with E-state index in [1.165, 1.54) is 16.8 Å². The summed E-state index contributed by atoms with van der Waals surface area (Å²) in [7, 11) is -3.84. The number of anilines is 1. The third-order valence-corrected chi connectivity index (χ3v) is 7.26. The molecule has 1 atom stereocenters. The van der Waals surface area contributed by atoms with Gasteiger partial charge in [0, 0.05) is 24.0 Å². The number of sulfonamides is 1. The number of amides is 1. The quantitative estimate of drug-likeness (QED) is 0.601. The van der Waals surface area contributed by atoms with Crippen molar-refractivity contribution in [3.63, 3.8) is 0 Å². The average Bonchev–Trinajstić information content (AvgIpc) is 3.33. The van der Waals surface area contributed by atoms with Gasteiger partial charge in [0.25, 0.3) is 5.91 Å². The number of fused-ring (bicyclic) bond motifs is 1. The summed E-state index contributed by atoms with van der Waals surface area (Å²) in [5.41, 5.74) is 1.01. The molecule has 1 saturated heterocycles.